The summed E-state index contributed by atoms with van der Waals surface area (Å²) in [5.41, 5.74) is 10.8. The second kappa shape index (κ2) is 7.32. The lowest BCUT2D eigenvalue weighted by molar-refractivity contribution is 0.606. The van der Waals surface area contributed by atoms with Gasteiger partial charge in [-0.15, -0.1) is 0 Å². The number of sulfonamides is 1. The Morgan fingerprint density at radius 1 is 1.11 bits per heavy atom. The zero-order valence-corrected chi connectivity index (χ0v) is 16.2. The number of hydrogen-bond acceptors (Lipinski definition) is 6. The predicted octanol–water partition coefficient (Wildman–Crippen LogP) is 3.03. The van der Waals surface area contributed by atoms with Crippen LogP contribution < -0.4 is 10.5 Å². The Morgan fingerprint density at radius 2 is 1.81 bits per heavy atom. The van der Waals surface area contributed by atoms with Gasteiger partial charge in [-0.1, -0.05) is 37.3 Å². The van der Waals surface area contributed by atoms with Crippen molar-refractivity contribution in [3.63, 3.8) is 0 Å². The largest absolute Gasteiger partial charge is 0.368 e. The number of aryl methyl sites for hydroxylation is 2. The fourth-order valence-electron chi connectivity index (χ4n) is 2.86. The maximum absolute atomic E-state index is 11.7. The number of hydrogen-bond donors (Lipinski definition) is 2. The van der Waals surface area contributed by atoms with E-state index in [0.717, 1.165) is 28.6 Å². The first kappa shape index (κ1) is 18.8. The Kier molecular flexibility index (Phi) is 5.09. The van der Waals surface area contributed by atoms with E-state index in [4.69, 9.17) is 5.73 Å². The highest BCUT2D eigenvalue weighted by atomic mass is 32.2. The summed E-state index contributed by atoms with van der Waals surface area (Å²) >= 11 is 0. The molecule has 27 heavy (non-hydrogen) atoms. The summed E-state index contributed by atoms with van der Waals surface area (Å²) in [4.78, 5) is 13.2. The molecular weight excluding hydrogens is 362 g/mol. The number of nitrogens with one attached hydrogen (secondary N) is 1. The molecule has 3 aromatic rings. The average molecular weight is 383 g/mol. The van der Waals surface area contributed by atoms with Crippen molar-refractivity contribution in [1.82, 2.24) is 15.0 Å². The molecule has 1 aromatic carbocycles. The summed E-state index contributed by atoms with van der Waals surface area (Å²) in [6.45, 7) is 3.73. The van der Waals surface area contributed by atoms with Gasteiger partial charge in [0.2, 0.25) is 16.0 Å². The molecule has 0 aliphatic rings. The quantitative estimate of drug-likeness (QED) is 0.700. The van der Waals surface area contributed by atoms with Gasteiger partial charge < -0.3 is 5.73 Å². The molecule has 0 bridgehead atoms. The number of benzene rings is 1. The molecule has 0 radical (unpaired) electrons. The van der Waals surface area contributed by atoms with Crippen molar-refractivity contribution >= 4 is 21.7 Å². The van der Waals surface area contributed by atoms with Gasteiger partial charge in [-0.05, 0) is 19.4 Å². The molecule has 140 valence electrons. The van der Waals surface area contributed by atoms with E-state index in [1.165, 1.54) is 0 Å². The van der Waals surface area contributed by atoms with Crippen molar-refractivity contribution in [1.29, 1.82) is 0 Å². The van der Waals surface area contributed by atoms with Crippen LogP contribution >= 0.6 is 0 Å². The standard InChI is InChI=1S/C19H21N5O2S/c1-4-15-17(14-10-16(12(2)21-11-14)24-27(3,25)26)18(23-19(20)22-15)13-8-6-5-7-9-13/h5-11,24H,4H2,1-3H3,(H2,20,22,23). The van der Waals surface area contributed by atoms with Gasteiger partial charge in [-0.3, -0.25) is 9.71 Å². The minimum atomic E-state index is -3.42. The Morgan fingerprint density at radius 3 is 2.44 bits per heavy atom. The van der Waals surface area contributed by atoms with E-state index < -0.39 is 10.0 Å². The molecule has 0 aliphatic carbocycles. The number of nitrogen functional groups attached to an aromatic ring is 1. The molecule has 3 rings (SSSR count). The SMILES string of the molecule is CCc1nc(N)nc(-c2ccccc2)c1-c1cnc(C)c(NS(C)(=O)=O)c1. The summed E-state index contributed by atoms with van der Waals surface area (Å²) in [6, 6.07) is 11.4. The summed E-state index contributed by atoms with van der Waals surface area (Å²) in [5.74, 6) is 0.198. The van der Waals surface area contributed by atoms with Gasteiger partial charge in [-0.2, -0.15) is 0 Å². The highest BCUT2D eigenvalue weighted by Crippen LogP contribution is 2.35. The van der Waals surface area contributed by atoms with Gasteiger partial charge in [0, 0.05) is 22.9 Å². The van der Waals surface area contributed by atoms with Crippen LogP contribution in [0.1, 0.15) is 18.3 Å². The lowest BCUT2D eigenvalue weighted by atomic mass is 9.97. The fraction of sp³-hybridized carbons (Fsp3) is 0.211. The van der Waals surface area contributed by atoms with Crippen LogP contribution in [0.25, 0.3) is 22.4 Å². The van der Waals surface area contributed by atoms with Crippen molar-refractivity contribution in [2.75, 3.05) is 16.7 Å². The number of pyridine rings is 1. The second-order valence-electron chi connectivity index (χ2n) is 6.20. The number of aromatic nitrogens is 3. The van der Waals surface area contributed by atoms with Crippen LogP contribution in [-0.4, -0.2) is 29.6 Å². The number of anilines is 2. The Labute approximate surface area is 158 Å². The highest BCUT2D eigenvalue weighted by molar-refractivity contribution is 7.92. The van der Waals surface area contributed by atoms with Crippen molar-refractivity contribution in [3.8, 4) is 22.4 Å². The molecule has 0 unspecified atom stereocenters. The van der Waals surface area contributed by atoms with Crippen molar-refractivity contribution in [2.45, 2.75) is 20.3 Å². The van der Waals surface area contributed by atoms with Crippen LogP contribution in [0, 0.1) is 6.92 Å². The fourth-order valence-corrected chi connectivity index (χ4v) is 3.47. The smallest absolute Gasteiger partial charge is 0.229 e. The zero-order chi connectivity index (χ0) is 19.6. The number of nitrogens with zero attached hydrogens (tertiary/aromatic N) is 3. The van der Waals surface area contributed by atoms with E-state index in [-0.39, 0.29) is 5.95 Å². The highest BCUT2D eigenvalue weighted by Gasteiger charge is 2.18. The maximum Gasteiger partial charge on any atom is 0.229 e. The van der Waals surface area contributed by atoms with Gasteiger partial charge in [0.25, 0.3) is 0 Å². The third-order valence-electron chi connectivity index (χ3n) is 4.05. The van der Waals surface area contributed by atoms with Gasteiger partial charge in [0.05, 0.1) is 29.0 Å². The predicted molar refractivity (Wildman–Crippen MR) is 108 cm³/mol. The van der Waals surface area contributed by atoms with E-state index in [0.29, 0.717) is 23.5 Å². The first-order valence-corrected chi connectivity index (χ1v) is 10.3. The molecule has 2 heterocycles. The molecule has 0 saturated carbocycles. The topological polar surface area (TPSA) is 111 Å². The Hall–Kier alpha value is -3.00. The van der Waals surface area contributed by atoms with E-state index in [1.807, 2.05) is 37.3 Å². The van der Waals surface area contributed by atoms with Crippen LogP contribution in [-0.2, 0) is 16.4 Å². The normalized spacial score (nSPS) is 11.4. The summed E-state index contributed by atoms with van der Waals surface area (Å²) in [6.07, 6.45) is 3.45. The minimum absolute atomic E-state index is 0.198. The zero-order valence-electron chi connectivity index (χ0n) is 15.4. The van der Waals surface area contributed by atoms with E-state index in [2.05, 4.69) is 19.7 Å². The molecule has 0 saturated heterocycles. The maximum atomic E-state index is 11.7. The molecule has 0 fully saturated rings. The van der Waals surface area contributed by atoms with Crippen molar-refractivity contribution in [2.24, 2.45) is 0 Å². The molecule has 0 atom stereocenters. The van der Waals surface area contributed by atoms with Crippen LogP contribution in [0.15, 0.2) is 42.6 Å². The minimum Gasteiger partial charge on any atom is -0.368 e. The third kappa shape index (κ3) is 4.22. The number of nitrogens with two attached hydrogens (primary N) is 1. The molecule has 0 spiro atoms. The summed E-state index contributed by atoms with van der Waals surface area (Å²) in [5, 5.41) is 0. The van der Waals surface area contributed by atoms with Gasteiger partial charge >= 0.3 is 0 Å². The first-order valence-electron chi connectivity index (χ1n) is 8.45. The first-order chi connectivity index (χ1) is 12.8. The van der Waals surface area contributed by atoms with E-state index in [9.17, 15) is 8.42 Å². The van der Waals surface area contributed by atoms with E-state index in [1.54, 1.807) is 19.2 Å². The van der Waals surface area contributed by atoms with Crippen LogP contribution in [0.5, 0.6) is 0 Å². The van der Waals surface area contributed by atoms with E-state index >= 15 is 0 Å². The summed E-state index contributed by atoms with van der Waals surface area (Å²) in [7, 11) is -3.42. The van der Waals surface area contributed by atoms with Crippen LogP contribution in [0.4, 0.5) is 11.6 Å². The van der Waals surface area contributed by atoms with Crippen LogP contribution in [0.3, 0.4) is 0 Å². The molecule has 2 aromatic heterocycles. The van der Waals surface area contributed by atoms with Crippen molar-refractivity contribution in [3.05, 3.63) is 54.0 Å². The lowest BCUT2D eigenvalue weighted by Crippen LogP contribution is -2.11. The van der Waals surface area contributed by atoms with Crippen LogP contribution in [0.2, 0.25) is 0 Å². The van der Waals surface area contributed by atoms with Gasteiger partial charge in [-0.25, -0.2) is 18.4 Å². The molecule has 8 heteroatoms. The Bertz CT molecular complexity index is 1080. The molecule has 7 nitrogen and oxygen atoms in total. The van der Waals surface area contributed by atoms with Crippen molar-refractivity contribution < 1.29 is 8.42 Å². The average Bonchev–Trinajstić information content (AvgIpc) is 2.62. The molecule has 3 N–H and O–H groups in total. The molecule has 0 aliphatic heterocycles. The third-order valence-corrected chi connectivity index (χ3v) is 4.65. The number of rotatable bonds is 5. The Balaban J connectivity index is 2.26. The van der Waals surface area contributed by atoms with Gasteiger partial charge in [0.1, 0.15) is 0 Å². The van der Waals surface area contributed by atoms with Gasteiger partial charge in [0.15, 0.2) is 0 Å². The monoisotopic (exact) mass is 383 g/mol. The molecular formula is C19H21N5O2S. The molecule has 0 amide bonds. The second-order valence-corrected chi connectivity index (χ2v) is 7.95. The lowest BCUT2D eigenvalue weighted by Gasteiger charge is -2.15. The summed E-state index contributed by atoms with van der Waals surface area (Å²) < 4.78 is 25.9.